The summed E-state index contributed by atoms with van der Waals surface area (Å²) >= 11 is 0. The Morgan fingerprint density at radius 1 is 1.70 bits per heavy atom. The van der Waals surface area contributed by atoms with Gasteiger partial charge in [-0.3, -0.25) is 14.9 Å². The van der Waals surface area contributed by atoms with Gasteiger partial charge in [0.25, 0.3) is 6.04 Å². The van der Waals surface area contributed by atoms with Gasteiger partial charge in [0.05, 0.1) is 0 Å². The Kier molecular flexibility index (Phi) is 6.74. The SMILES string of the molecule is CCC(=O)C(C)[N+](=O)[O-].[Li+]. The van der Waals surface area contributed by atoms with E-state index < -0.39 is 11.0 Å². The molecule has 0 aliphatic rings. The van der Waals surface area contributed by atoms with Crippen molar-refractivity contribution in [2.24, 2.45) is 0 Å². The van der Waals surface area contributed by atoms with Gasteiger partial charge in [0.1, 0.15) is 0 Å². The van der Waals surface area contributed by atoms with Gasteiger partial charge in [0.15, 0.2) is 0 Å². The molecule has 0 aliphatic heterocycles. The number of nitro groups is 1. The van der Waals surface area contributed by atoms with Crippen LogP contribution in [0.25, 0.3) is 0 Å². The molecule has 0 spiro atoms. The summed E-state index contributed by atoms with van der Waals surface area (Å²) in [5, 5.41) is 9.88. The zero-order valence-electron chi connectivity index (χ0n) is 6.46. The van der Waals surface area contributed by atoms with Gasteiger partial charge in [-0.2, -0.15) is 0 Å². The van der Waals surface area contributed by atoms with Crippen LogP contribution in [0.15, 0.2) is 0 Å². The van der Waals surface area contributed by atoms with Crippen LogP contribution in [0.5, 0.6) is 0 Å². The van der Waals surface area contributed by atoms with Crippen LogP contribution in [0.3, 0.4) is 0 Å². The molecule has 1 atom stereocenters. The normalized spacial score (nSPS) is 11.4. The Balaban J connectivity index is 0. The number of nitrogens with zero attached hydrogens (tertiary/aromatic N) is 1. The molecule has 0 saturated carbocycles. The first-order valence-electron chi connectivity index (χ1n) is 2.75. The molecule has 4 nitrogen and oxygen atoms in total. The molecule has 0 radical (unpaired) electrons. The van der Waals surface area contributed by atoms with Crippen LogP contribution >= 0.6 is 0 Å². The van der Waals surface area contributed by atoms with Crippen LogP contribution in [-0.2, 0) is 4.79 Å². The number of rotatable bonds is 3. The van der Waals surface area contributed by atoms with E-state index in [0.29, 0.717) is 0 Å². The summed E-state index contributed by atoms with van der Waals surface area (Å²) in [6, 6.07) is -1.03. The summed E-state index contributed by atoms with van der Waals surface area (Å²) < 4.78 is 0. The van der Waals surface area contributed by atoms with Crippen molar-refractivity contribution in [3.05, 3.63) is 10.1 Å². The molecule has 5 heteroatoms. The quantitative estimate of drug-likeness (QED) is 0.249. The van der Waals surface area contributed by atoms with Gasteiger partial charge in [0, 0.05) is 18.3 Å². The smallest absolute Gasteiger partial charge is 0.292 e. The number of carbonyl (C=O) groups is 1. The van der Waals surface area contributed by atoms with Crippen LogP contribution in [0.2, 0.25) is 0 Å². The third-order valence-corrected chi connectivity index (χ3v) is 1.13. The predicted octanol–water partition coefficient (Wildman–Crippen LogP) is -2.37. The van der Waals surface area contributed by atoms with Crippen LogP contribution in [0, 0.1) is 10.1 Å². The van der Waals surface area contributed by atoms with E-state index in [1.165, 1.54) is 6.92 Å². The largest absolute Gasteiger partial charge is 1.00 e. The summed E-state index contributed by atoms with van der Waals surface area (Å²) in [4.78, 5) is 19.8. The van der Waals surface area contributed by atoms with Gasteiger partial charge < -0.3 is 0 Å². The van der Waals surface area contributed by atoms with Crippen molar-refractivity contribution in [2.45, 2.75) is 26.3 Å². The average molecular weight is 138 g/mol. The third kappa shape index (κ3) is 3.65. The van der Waals surface area contributed by atoms with Gasteiger partial charge in [-0.15, -0.1) is 0 Å². The first-order valence-corrected chi connectivity index (χ1v) is 2.75. The van der Waals surface area contributed by atoms with E-state index in [9.17, 15) is 14.9 Å². The summed E-state index contributed by atoms with van der Waals surface area (Å²) in [5.74, 6) is -0.319. The molecule has 0 aliphatic carbocycles. The van der Waals surface area contributed by atoms with Gasteiger partial charge in [-0.1, -0.05) is 6.92 Å². The van der Waals surface area contributed by atoms with Crippen molar-refractivity contribution >= 4 is 5.78 Å². The first kappa shape index (κ1) is 12.4. The minimum Gasteiger partial charge on any atom is -0.292 e. The fourth-order valence-electron chi connectivity index (χ4n) is 0.413. The maximum absolute atomic E-state index is 10.5. The topological polar surface area (TPSA) is 60.2 Å². The van der Waals surface area contributed by atoms with Gasteiger partial charge in [-0.05, 0) is 0 Å². The molecule has 0 bridgehead atoms. The van der Waals surface area contributed by atoms with Crippen molar-refractivity contribution in [1.29, 1.82) is 0 Å². The Bertz CT molecular complexity index is 137. The van der Waals surface area contributed by atoms with Crippen molar-refractivity contribution in [2.75, 3.05) is 0 Å². The second-order valence-electron chi connectivity index (χ2n) is 1.78. The van der Waals surface area contributed by atoms with E-state index in [0.717, 1.165) is 0 Å². The number of ketones is 1. The molecule has 0 fully saturated rings. The molecule has 0 aromatic heterocycles. The van der Waals surface area contributed by atoms with Crippen LogP contribution < -0.4 is 18.9 Å². The summed E-state index contributed by atoms with van der Waals surface area (Å²) in [6.45, 7) is 2.91. The van der Waals surface area contributed by atoms with E-state index >= 15 is 0 Å². The predicted molar refractivity (Wildman–Crippen MR) is 31.8 cm³/mol. The molecule has 0 N–H and O–H groups in total. The monoisotopic (exact) mass is 138 g/mol. The van der Waals surface area contributed by atoms with Crippen molar-refractivity contribution < 1.29 is 28.6 Å². The molecule has 0 amide bonds. The Morgan fingerprint density at radius 3 is 2.20 bits per heavy atom. The van der Waals surface area contributed by atoms with Crippen LogP contribution in [0.1, 0.15) is 20.3 Å². The molecule has 52 valence electrons. The molecule has 0 saturated heterocycles. The van der Waals surface area contributed by atoms with E-state index in [1.54, 1.807) is 6.92 Å². The maximum Gasteiger partial charge on any atom is 1.00 e. The molecular weight excluding hydrogens is 129 g/mol. The van der Waals surface area contributed by atoms with Crippen molar-refractivity contribution in [3.8, 4) is 0 Å². The molecule has 0 rings (SSSR count). The number of carbonyl (C=O) groups excluding carboxylic acids is 1. The first-order chi connectivity index (χ1) is 4.09. The zero-order chi connectivity index (χ0) is 7.44. The minimum atomic E-state index is -1.03. The zero-order valence-corrected chi connectivity index (χ0v) is 6.46. The van der Waals surface area contributed by atoms with Crippen molar-refractivity contribution in [3.63, 3.8) is 0 Å². The van der Waals surface area contributed by atoms with Gasteiger partial charge >= 0.3 is 18.9 Å². The summed E-state index contributed by atoms with van der Waals surface area (Å²) in [6.07, 6.45) is 0.238. The third-order valence-electron chi connectivity index (χ3n) is 1.13. The second-order valence-corrected chi connectivity index (χ2v) is 1.78. The molecule has 0 aromatic carbocycles. The Labute approximate surface area is 71.3 Å². The minimum absolute atomic E-state index is 0. The van der Waals surface area contributed by atoms with E-state index in [-0.39, 0.29) is 31.1 Å². The Hall–Kier alpha value is -0.333. The van der Waals surface area contributed by atoms with Crippen molar-refractivity contribution in [1.82, 2.24) is 0 Å². The standard InChI is InChI=1S/C5H9NO3.Li/c1-3-5(7)4(2)6(8)9;/h4H,3H2,1-2H3;/q;+1. The average Bonchev–Trinajstić information content (AvgIpc) is 1.84. The number of hydrogen-bond donors (Lipinski definition) is 0. The summed E-state index contributed by atoms with van der Waals surface area (Å²) in [7, 11) is 0. The molecule has 10 heavy (non-hydrogen) atoms. The van der Waals surface area contributed by atoms with Crippen LogP contribution in [0.4, 0.5) is 0 Å². The second kappa shape index (κ2) is 5.45. The number of hydrogen-bond acceptors (Lipinski definition) is 3. The van der Waals surface area contributed by atoms with Gasteiger partial charge in [0.2, 0.25) is 5.78 Å². The van der Waals surface area contributed by atoms with Gasteiger partial charge in [-0.25, -0.2) is 0 Å². The molecule has 1 unspecified atom stereocenters. The Morgan fingerprint density at radius 2 is 2.10 bits per heavy atom. The van der Waals surface area contributed by atoms with E-state index in [4.69, 9.17) is 0 Å². The molecular formula is C5H9LiNO3+. The molecule has 0 aromatic rings. The maximum atomic E-state index is 10.5. The van der Waals surface area contributed by atoms with Crippen LogP contribution in [-0.4, -0.2) is 16.7 Å². The number of Topliss-reactive ketones (excluding diaryl/α,β-unsaturated/α-hetero) is 1. The van der Waals surface area contributed by atoms with E-state index in [2.05, 4.69) is 0 Å². The summed E-state index contributed by atoms with van der Waals surface area (Å²) in [5.41, 5.74) is 0. The van der Waals surface area contributed by atoms with E-state index in [1.807, 2.05) is 0 Å². The fraction of sp³-hybridized carbons (Fsp3) is 0.800. The molecule has 0 heterocycles. The fourth-order valence-corrected chi connectivity index (χ4v) is 0.413.